The zero-order chi connectivity index (χ0) is 20.9. The predicted octanol–water partition coefficient (Wildman–Crippen LogP) is 5.42. The van der Waals surface area contributed by atoms with E-state index in [1.54, 1.807) is 54.8 Å². The highest BCUT2D eigenvalue weighted by molar-refractivity contribution is 6.28. The van der Waals surface area contributed by atoms with Crippen molar-refractivity contribution in [2.24, 2.45) is 0 Å². The topological polar surface area (TPSA) is 74.7 Å². The lowest BCUT2D eigenvalue weighted by molar-refractivity contribution is 0.105. The van der Waals surface area contributed by atoms with E-state index in [4.69, 9.17) is 18.3 Å². The molecule has 0 radical (unpaired) electrons. The summed E-state index contributed by atoms with van der Waals surface area (Å²) in [4.78, 5) is 17.9. The van der Waals surface area contributed by atoms with Crippen LogP contribution in [-0.4, -0.2) is 25.0 Å². The number of Topliss-reactive ketones (excluding diaryl/α,β-unsaturated/α-hetero) is 1. The Morgan fingerprint density at radius 2 is 1.77 bits per heavy atom. The number of benzene rings is 2. The van der Waals surface area contributed by atoms with Crippen molar-refractivity contribution < 1.29 is 23.1 Å². The third-order valence-corrected chi connectivity index (χ3v) is 4.45. The Hall–Kier alpha value is -4.06. The van der Waals surface area contributed by atoms with Gasteiger partial charge >= 0.3 is 0 Å². The Bertz CT molecular complexity index is 1180. The van der Waals surface area contributed by atoms with Crippen LogP contribution in [-0.2, 0) is 0 Å². The second kappa shape index (κ2) is 8.53. The van der Waals surface area contributed by atoms with Crippen molar-refractivity contribution in [3.8, 4) is 11.5 Å². The minimum atomic E-state index is -0.275. The maximum atomic E-state index is 13.4. The van der Waals surface area contributed by atoms with Crippen molar-refractivity contribution in [2.45, 2.75) is 0 Å². The van der Waals surface area contributed by atoms with Gasteiger partial charge in [-0.05, 0) is 48.6 Å². The van der Waals surface area contributed by atoms with E-state index in [-0.39, 0.29) is 11.7 Å². The first-order valence-corrected chi connectivity index (χ1v) is 9.23. The third kappa shape index (κ3) is 4.03. The molecule has 4 rings (SSSR count). The molecule has 0 aliphatic carbocycles. The Kier molecular flexibility index (Phi) is 5.48. The number of hydrogen-bond donors (Lipinski definition) is 0. The van der Waals surface area contributed by atoms with Crippen molar-refractivity contribution in [3.05, 3.63) is 90.2 Å². The van der Waals surface area contributed by atoms with Crippen LogP contribution in [0.5, 0.6) is 11.5 Å². The van der Waals surface area contributed by atoms with Crippen LogP contribution in [0.25, 0.3) is 22.7 Å². The van der Waals surface area contributed by atoms with Gasteiger partial charge in [-0.25, -0.2) is 4.98 Å². The number of rotatable bonds is 7. The molecular formula is C24H19NO5. The van der Waals surface area contributed by atoms with Gasteiger partial charge in [0.05, 0.1) is 26.1 Å². The molecule has 30 heavy (non-hydrogen) atoms. The molecule has 6 nitrogen and oxygen atoms in total. The average Bonchev–Trinajstić information content (AvgIpc) is 3.45. The summed E-state index contributed by atoms with van der Waals surface area (Å²) in [6.07, 6.45) is 6.71. The number of ether oxygens (including phenoxy) is 2. The number of carbonyl (C=O) groups is 1. The third-order valence-electron chi connectivity index (χ3n) is 4.45. The molecule has 150 valence electrons. The number of furan rings is 1. The van der Waals surface area contributed by atoms with Crippen LogP contribution in [0.3, 0.4) is 0 Å². The average molecular weight is 401 g/mol. The molecule has 0 aliphatic heterocycles. The molecule has 0 unspecified atom stereocenters. The zero-order valence-corrected chi connectivity index (χ0v) is 16.5. The van der Waals surface area contributed by atoms with Crippen LogP contribution >= 0.6 is 0 Å². The van der Waals surface area contributed by atoms with Crippen molar-refractivity contribution in [1.29, 1.82) is 0 Å². The molecule has 0 atom stereocenters. The van der Waals surface area contributed by atoms with Gasteiger partial charge in [0, 0.05) is 11.6 Å². The fraction of sp³-hybridized carbons (Fsp3) is 0.0833. The van der Waals surface area contributed by atoms with E-state index >= 15 is 0 Å². The van der Waals surface area contributed by atoms with Crippen molar-refractivity contribution in [3.63, 3.8) is 0 Å². The summed E-state index contributed by atoms with van der Waals surface area (Å²) in [5.41, 5.74) is 1.96. The monoisotopic (exact) mass is 401 g/mol. The first-order chi connectivity index (χ1) is 14.7. The molecule has 0 aliphatic rings. The van der Waals surface area contributed by atoms with Crippen molar-refractivity contribution in [2.75, 3.05) is 14.2 Å². The van der Waals surface area contributed by atoms with Crippen molar-refractivity contribution in [1.82, 2.24) is 4.98 Å². The second-order valence-electron chi connectivity index (χ2n) is 6.37. The van der Waals surface area contributed by atoms with Crippen LogP contribution in [0.2, 0.25) is 0 Å². The molecule has 0 spiro atoms. The highest BCUT2D eigenvalue weighted by atomic mass is 16.5. The molecule has 2 heterocycles. The molecule has 2 aromatic carbocycles. The minimum absolute atomic E-state index is 0.229. The van der Waals surface area contributed by atoms with Crippen LogP contribution in [0.15, 0.2) is 81.8 Å². The second-order valence-corrected chi connectivity index (χ2v) is 6.37. The van der Waals surface area contributed by atoms with Crippen LogP contribution in [0, 0.1) is 0 Å². The van der Waals surface area contributed by atoms with Gasteiger partial charge in [0.15, 0.2) is 11.4 Å². The summed E-state index contributed by atoms with van der Waals surface area (Å²) in [6.45, 7) is 0. The summed E-state index contributed by atoms with van der Waals surface area (Å²) in [5.74, 6) is 1.65. The van der Waals surface area contributed by atoms with Gasteiger partial charge in [-0.1, -0.05) is 18.2 Å². The highest BCUT2D eigenvalue weighted by Gasteiger charge is 2.21. The molecule has 2 aromatic heterocycles. The van der Waals surface area contributed by atoms with Gasteiger partial charge in [-0.15, -0.1) is 0 Å². The number of nitrogens with zero attached hydrogens (tertiary/aromatic N) is 1. The minimum Gasteiger partial charge on any atom is -0.497 e. The predicted molar refractivity (Wildman–Crippen MR) is 114 cm³/mol. The number of carbonyl (C=O) groups excluding carboxylic acids is 1. The lowest BCUT2D eigenvalue weighted by Crippen LogP contribution is -2.04. The molecule has 0 amide bonds. The van der Waals surface area contributed by atoms with E-state index in [1.807, 2.05) is 24.3 Å². The molecule has 0 N–H and O–H groups in total. The fourth-order valence-corrected chi connectivity index (χ4v) is 2.95. The standard InChI is InChI=1S/C24H19NO5/c1-27-18-13-16(14-19(15-18)28-2)23(26)20(9-5-7-17-8-6-12-29-17)24-25-21-10-3-4-11-22(21)30-24/h3-15H,1-2H3. The smallest absolute Gasteiger partial charge is 0.231 e. The van der Waals surface area contributed by atoms with E-state index in [1.165, 1.54) is 14.2 Å². The summed E-state index contributed by atoms with van der Waals surface area (Å²) in [6, 6.07) is 16.0. The highest BCUT2D eigenvalue weighted by Crippen LogP contribution is 2.28. The number of fused-ring (bicyclic) bond motifs is 1. The number of ketones is 1. The number of methoxy groups -OCH3 is 2. The number of allylic oxidation sites excluding steroid dienone is 3. The molecular weight excluding hydrogens is 382 g/mol. The van der Waals surface area contributed by atoms with Crippen LogP contribution in [0.1, 0.15) is 22.0 Å². The molecule has 0 saturated carbocycles. The normalized spacial score (nSPS) is 11.9. The van der Waals surface area contributed by atoms with E-state index in [0.29, 0.717) is 39.5 Å². The SMILES string of the molecule is COc1cc(OC)cc(C(=O)C(=CC=Cc2ccco2)c2nc3ccccc3o2)c1. The maximum absolute atomic E-state index is 13.4. The van der Waals surface area contributed by atoms with Crippen LogP contribution < -0.4 is 9.47 Å². The molecule has 6 heteroatoms. The summed E-state index contributed by atoms with van der Waals surface area (Å²) < 4.78 is 21.7. The first-order valence-electron chi connectivity index (χ1n) is 9.23. The number of para-hydroxylation sites is 2. The van der Waals surface area contributed by atoms with E-state index < -0.39 is 0 Å². The number of oxazole rings is 1. The molecule has 0 fully saturated rings. The quantitative estimate of drug-likeness (QED) is 0.234. The van der Waals surface area contributed by atoms with Crippen molar-refractivity contribution >= 4 is 28.5 Å². The van der Waals surface area contributed by atoms with Gasteiger partial charge < -0.3 is 18.3 Å². The summed E-state index contributed by atoms with van der Waals surface area (Å²) >= 11 is 0. The number of hydrogen-bond acceptors (Lipinski definition) is 6. The zero-order valence-electron chi connectivity index (χ0n) is 16.5. The van der Waals surface area contributed by atoms with E-state index in [2.05, 4.69) is 4.98 Å². The van der Waals surface area contributed by atoms with E-state index in [9.17, 15) is 4.79 Å². The summed E-state index contributed by atoms with van der Waals surface area (Å²) in [5, 5.41) is 0. The van der Waals surface area contributed by atoms with Gasteiger partial charge in [0.2, 0.25) is 5.89 Å². The lowest BCUT2D eigenvalue weighted by atomic mass is 10.0. The Morgan fingerprint density at radius 3 is 2.43 bits per heavy atom. The van der Waals surface area contributed by atoms with Gasteiger partial charge in [0.25, 0.3) is 0 Å². The Morgan fingerprint density at radius 1 is 1.00 bits per heavy atom. The Balaban J connectivity index is 1.79. The van der Waals surface area contributed by atoms with Crippen LogP contribution in [0.4, 0.5) is 0 Å². The largest absolute Gasteiger partial charge is 0.497 e. The van der Waals surface area contributed by atoms with Gasteiger partial charge in [0.1, 0.15) is 22.8 Å². The fourth-order valence-electron chi connectivity index (χ4n) is 2.95. The van der Waals surface area contributed by atoms with E-state index in [0.717, 1.165) is 0 Å². The first kappa shape index (κ1) is 19.3. The van der Waals surface area contributed by atoms with Gasteiger partial charge in [-0.3, -0.25) is 4.79 Å². The Labute approximate surface area is 173 Å². The summed E-state index contributed by atoms with van der Waals surface area (Å²) in [7, 11) is 3.07. The molecule has 0 saturated heterocycles. The maximum Gasteiger partial charge on any atom is 0.231 e. The number of aromatic nitrogens is 1. The lowest BCUT2D eigenvalue weighted by Gasteiger charge is -2.08. The van der Waals surface area contributed by atoms with Gasteiger partial charge in [-0.2, -0.15) is 0 Å². The molecule has 0 bridgehead atoms. The molecule has 4 aromatic rings.